The van der Waals surface area contributed by atoms with Crippen LogP contribution in [-0.2, 0) is 21.2 Å². The molecule has 2 fully saturated rings. The number of fused-ring (bicyclic) bond motifs is 1. The first kappa shape index (κ1) is 21.7. The molecule has 2 aromatic rings. The van der Waals surface area contributed by atoms with Gasteiger partial charge in [0, 0.05) is 54.5 Å². The van der Waals surface area contributed by atoms with Gasteiger partial charge in [0.2, 0.25) is 15.9 Å². The van der Waals surface area contributed by atoms with Gasteiger partial charge in [0.15, 0.2) is 0 Å². The number of rotatable bonds is 4. The van der Waals surface area contributed by atoms with Gasteiger partial charge in [0.05, 0.1) is 4.90 Å². The lowest BCUT2D eigenvalue weighted by Crippen LogP contribution is -2.48. The molecule has 1 atom stereocenters. The quantitative estimate of drug-likeness (QED) is 0.676. The summed E-state index contributed by atoms with van der Waals surface area (Å²) in [5.41, 5.74) is 4.00. The van der Waals surface area contributed by atoms with Crippen LogP contribution in [0.5, 0.6) is 0 Å². The van der Waals surface area contributed by atoms with Crippen molar-refractivity contribution in [1.29, 1.82) is 0 Å². The van der Waals surface area contributed by atoms with E-state index in [9.17, 15) is 13.2 Å². The van der Waals surface area contributed by atoms with Crippen molar-refractivity contribution in [2.24, 2.45) is 5.92 Å². The molecule has 1 amide bonds. The second-order valence-corrected chi connectivity index (χ2v) is 11.5. The summed E-state index contributed by atoms with van der Waals surface area (Å²) in [6.07, 6.45) is 2.62. The zero-order valence-corrected chi connectivity index (χ0v) is 20.0. The highest BCUT2D eigenvalue weighted by molar-refractivity contribution is 7.89. The smallest absolute Gasteiger partial charge is 0.243 e. The summed E-state index contributed by atoms with van der Waals surface area (Å²) in [6, 6.07) is 11.1. The van der Waals surface area contributed by atoms with Crippen LogP contribution in [0.3, 0.4) is 0 Å². The first-order valence-corrected chi connectivity index (χ1v) is 13.0. The molecular formula is C24H28ClN3O3S. The maximum atomic E-state index is 13.4. The molecular weight excluding hydrogens is 446 g/mol. The zero-order valence-electron chi connectivity index (χ0n) is 18.4. The number of nitrogens with zero attached hydrogens (tertiary/aromatic N) is 3. The molecule has 1 aliphatic carbocycles. The van der Waals surface area contributed by atoms with Gasteiger partial charge in [0.1, 0.15) is 0 Å². The van der Waals surface area contributed by atoms with E-state index in [0.717, 1.165) is 35.3 Å². The number of benzene rings is 2. The first-order valence-electron chi connectivity index (χ1n) is 11.2. The van der Waals surface area contributed by atoms with Crippen molar-refractivity contribution in [1.82, 2.24) is 4.31 Å². The zero-order chi connectivity index (χ0) is 22.6. The van der Waals surface area contributed by atoms with E-state index in [1.165, 1.54) is 0 Å². The molecule has 1 unspecified atom stereocenters. The molecule has 2 aromatic carbocycles. The molecule has 32 heavy (non-hydrogen) atoms. The Labute approximate surface area is 194 Å². The van der Waals surface area contributed by atoms with Gasteiger partial charge < -0.3 is 9.80 Å². The van der Waals surface area contributed by atoms with E-state index in [1.807, 2.05) is 43.0 Å². The van der Waals surface area contributed by atoms with Crippen molar-refractivity contribution in [2.45, 2.75) is 44.0 Å². The Hall–Kier alpha value is -2.09. The van der Waals surface area contributed by atoms with Gasteiger partial charge in [-0.3, -0.25) is 4.79 Å². The van der Waals surface area contributed by atoms with Crippen molar-refractivity contribution >= 4 is 38.9 Å². The van der Waals surface area contributed by atoms with Crippen molar-refractivity contribution in [3.8, 4) is 0 Å². The number of carbonyl (C=O) groups is 1. The number of halogens is 1. The summed E-state index contributed by atoms with van der Waals surface area (Å²) in [5, 5.41) is 0.683. The molecule has 0 radical (unpaired) electrons. The molecule has 170 valence electrons. The average Bonchev–Trinajstić information content (AvgIpc) is 3.57. The van der Waals surface area contributed by atoms with Crippen LogP contribution in [0, 0.1) is 12.8 Å². The van der Waals surface area contributed by atoms with E-state index in [1.54, 1.807) is 16.4 Å². The number of carbonyl (C=O) groups excluding carboxylic acids is 1. The highest BCUT2D eigenvalue weighted by atomic mass is 35.5. The van der Waals surface area contributed by atoms with Gasteiger partial charge in [-0.2, -0.15) is 4.31 Å². The Bertz CT molecular complexity index is 1170. The standard InChI is InChI=1S/C24H28ClN3O3S/c1-16-3-6-20(25)15-23(16)26-9-11-27(12-10-26)32(30,31)21-7-8-22-19(14-21)13-17(2)28(22)24(29)18-4-5-18/h3,6-8,14-15,17-18H,4-5,9-13H2,1-2H3. The lowest BCUT2D eigenvalue weighted by molar-refractivity contribution is -0.120. The second-order valence-electron chi connectivity index (χ2n) is 9.15. The van der Waals surface area contributed by atoms with Gasteiger partial charge >= 0.3 is 0 Å². The topological polar surface area (TPSA) is 60.9 Å². The van der Waals surface area contributed by atoms with Crippen LogP contribution in [0.2, 0.25) is 5.02 Å². The van der Waals surface area contributed by atoms with Gasteiger partial charge in [-0.05, 0) is 74.6 Å². The van der Waals surface area contributed by atoms with E-state index >= 15 is 0 Å². The van der Waals surface area contributed by atoms with Crippen LogP contribution in [0.4, 0.5) is 11.4 Å². The van der Waals surface area contributed by atoms with Gasteiger partial charge in [-0.1, -0.05) is 17.7 Å². The van der Waals surface area contributed by atoms with Gasteiger partial charge in [0.25, 0.3) is 0 Å². The van der Waals surface area contributed by atoms with Gasteiger partial charge in [-0.25, -0.2) is 8.42 Å². The third-order valence-corrected chi connectivity index (χ3v) is 8.95. The summed E-state index contributed by atoms with van der Waals surface area (Å²) < 4.78 is 28.3. The number of aryl methyl sites for hydroxylation is 1. The average molecular weight is 474 g/mol. The van der Waals surface area contributed by atoms with E-state index < -0.39 is 10.0 Å². The Morgan fingerprint density at radius 3 is 2.41 bits per heavy atom. The number of anilines is 2. The van der Waals surface area contributed by atoms with Crippen LogP contribution >= 0.6 is 11.6 Å². The fraction of sp³-hybridized carbons (Fsp3) is 0.458. The van der Waals surface area contributed by atoms with Crippen molar-refractivity contribution in [3.63, 3.8) is 0 Å². The summed E-state index contributed by atoms with van der Waals surface area (Å²) >= 11 is 6.17. The van der Waals surface area contributed by atoms with Crippen LogP contribution in [0.25, 0.3) is 0 Å². The van der Waals surface area contributed by atoms with E-state index in [0.29, 0.717) is 42.5 Å². The summed E-state index contributed by atoms with van der Waals surface area (Å²) in [4.78, 5) is 17.1. The predicted octanol–water partition coefficient (Wildman–Crippen LogP) is 3.85. The lowest BCUT2D eigenvalue weighted by Gasteiger charge is -2.36. The maximum Gasteiger partial charge on any atom is 0.243 e. The molecule has 2 heterocycles. The number of amides is 1. The minimum absolute atomic E-state index is 0.0699. The molecule has 1 saturated carbocycles. The molecule has 0 aromatic heterocycles. The Kier molecular flexibility index (Phi) is 5.47. The van der Waals surface area contributed by atoms with E-state index in [4.69, 9.17) is 11.6 Å². The third kappa shape index (κ3) is 3.80. The molecule has 8 heteroatoms. The Balaban J connectivity index is 1.33. The SMILES string of the molecule is Cc1ccc(Cl)cc1N1CCN(S(=O)(=O)c2ccc3c(c2)CC(C)N3C(=O)C2CC2)CC1. The second kappa shape index (κ2) is 8.04. The maximum absolute atomic E-state index is 13.4. The van der Waals surface area contributed by atoms with Crippen molar-refractivity contribution in [3.05, 3.63) is 52.5 Å². The third-order valence-electron chi connectivity index (χ3n) is 6.82. The van der Waals surface area contributed by atoms with Crippen LogP contribution in [-0.4, -0.2) is 50.9 Å². The van der Waals surface area contributed by atoms with Crippen molar-refractivity contribution in [2.75, 3.05) is 36.0 Å². The van der Waals surface area contributed by atoms with Gasteiger partial charge in [-0.15, -0.1) is 0 Å². The normalized spacial score (nSPS) is 21.7. The molecule has 0 bridgehead atoms. The largest absolute Gasteiger partial charge is 0.369 e. The molecule has 3 aliphatic rings. The summed E-state index contributed by atoms with van der Waals surface area (Å²) in [6.45, 7) is 6.16. The molecule has 0 N–H and O–H groups in total. The highest BCUT2D eigenvalue weighted by Crippen LogP contribution is 2.40. The first-order chi connectivity index (χ1) is 15.3. The van der Waals surface area contributed by atoms with Crippen LogP contribution in [0.1, 0.15) is 30.9 Å². The summed E-state index contributed by atoms with van der Waals surface area (Å²) in [7, 11) is -3.59. The Morgan fingerprint density at radius 2 is 1.72 bits per heavy atom. The minimum atomic E-state index is -3.59. The van der Waals surface area contributed by atoms with Crippen LogP contribution in [0.15, 0.2) is 41.3 Å². The lowest BCUT2D eigenvalue weighted by atomic mass is 10.1. The fourth-order valence-corrected chi connectivity index (χ4v) is 6.51. The number of sulfonamides is 1. The van der Waals surface area contributed by atoms with Crippen molar-refractivity contribution < 1.29 is 13.2 Å². The molecule has 6 nitrogen and oxygen atoms in total. The van der Waals surface area contributed by atoms with E-state index in [2.05, 4.69) is 4.90 Å². The molecule has 0 spiro atoms. The monoisotopic (exact) mass is 473 g/mol. The minimum Gasteiger partial charge on any atom is -0.369 e. The number of hydrogen-bond acceptors (Lipinski definition) is 4. The number of piperazine rings is 1. The van der Waals surface area contributed by atoms with E-state index in [-0.39, 0.29) is 17.9 Å². The number of hydrogen-bond donors (Lipinski definition) is 0. The molecule has 5 rings (SSSR count). The predicted molar refractivity (Wildman–Crippen MR) is 127 cm³/mol. The molecule has 1 saturated heterocycles. The highest BCUT2D eigenvalue weighted by Gasteiger charge is 2.40. The Morgan fingerprint density at radius 1 is 1.00 bits per heavy atom. The van der Waals surface area contributed by atoms with Crippen LogP contribution < -0.4 is 9.80 Å². The summed E-state index contributed by atoms with van der Waals surface area (Å²) in [5.74, 6) is 0.325. The molecule has 2 aliphatic heterocycles. The fourth-order valence-electron chi connectivity index (χ4n) is 4.87.